The van der Waals surface area contributed by atoms with Crippen molar-refractivity contribution >= 4 is 0 Å². The second-order valence-corrected chi connectivity index (χ2v) is 2.62. The minimum Gasteiger partial charge on any atom is -0.412 e. The van der Waals surface area contributed by atoms with Crippen LogP contribution in [0.5, 0.6) is 0 Å². The van der Waals surface area contributed by atoms with Crippen LogP contribution < -0.4 is 5.32 Å². The molecule has 0 aromatic heterocycles. The standard InChI is InChI=1S/C7H15N.H2O/c1-8-7-5-3-2-4-6-7;/h7-8H,2-6H2,1H3;1H2. The lowest BCUT2D eigenvalue weighted by molar-refractivity contribution is 0.394. The fourth-order valence-corrected chi connectivity index (χ4v) is 1.39. The highest BCUT2D eigenvalue weighted by atomic mass is 16.0. The third-order valence-corrected chi connectivity index (χ3v) is 2.01. The van der Waals surface area contributed by atoms with E-state index in [2.05, 4.69) is 12.4 Å². The summed E-state index contributed by atoms with van der Waals surface area (Å²) in [4.78, 5) is 0. The summed E-state index contributed by atoms with van der Waals surface area (Å²) < 4.78 is 0. The smallest absolute Gasteiger partial charge is 0.00640 e. The molecule has 0 bridgehead atoms. The average molecular weight is 131 g/mol. The van der Waals surface area contributed by atoms with Crippen LogP contribution in [-0.2, 0) is 0 Å². The molecule has 0 saturated heterocycles. The summed E-state index contributed by atoms with van der Waals surface area (Å²) in [6, 6.07) is 0.837. The number of hydrogen-bond donors (Lipinski definition) is 1. The molecular weight excluding hydrogens is 114 g/mol. The molecule has 1 aliphatic rings. The van der Waals surface area contributed by atoms with Gasteiger partial charge in [-0.1, -0.05) is 19.3 Å². The lowest BCUT2D eigenvalue weighted by atomic mass is 9.96. The van der Waals surface area contributed by atoms with Gasteiger partial charge in [0.15, 0.2) is 0 Å². The molecule has 0 spiro atoms. The Morgan fingerprint density at radius 3 is 2.00 bits per heavy atom. The van der Waals surface area contributed by atoms with Gasteiger partial charge in [-0.2, -0.15) is 0 Å². The SMILES string of the molecule is CNC1CCCCC1.O. The van der Waals surface area contributed by atoms with Crippen molar-refractivity contribution in [3.63, 3.8) is 0 Å². The lowest BCUT2D eigenvalue weighted by Gasteiger charge is -2.20. The molecule has 0 unspecified atom stereocenters. The van der Waals surface area contributed by atoms with E-state index in [1.54, 1.807) is 0 Å². The van der Waals surface area contributed by atoms with Crippen molar-refractivity contribution in [2.45, 2.75) is 38.1 Å². The molecule has 2 heteroatoms. The monoisotopic (exact) mass is 131 g/mol. The molecule has 9 heavy (non-hydrogen) atoms. The van der Waals surface area contributed by atoms with Crippen LogP contribution in [0.3, 0.4) is 0 Å². The van der Waals surface area contributed by atoms with Gasteiger partial charge >= 0.3 is 0 Å². The Morgan fingerprint density at radius 2 is 1.67 bits per heavy atom. The first kappa shape index (κ1) is 8.92. The maximum atomic E-state index is 3.30. The highest BCUT2D eigenvalue weighted by Crippen LogP contribution is 2.16. The molecule has 3 N–H and O–H groups in total. The van der Waals surface area contributed by atoms with Crippen LogP contribution >= 0.6 is 0 Å². The van der Waals surface area contributed by atoms with E-state index in [1.165, 1.54) is 32.1 Å². The number of rotatable bonds is 1. The fraction of sp³-hybridized carbons (Fsp3) is 1.00. The molecule has 1 aliphatic carbocycles. The minimum atomic E-state index is 0. The summed E-state index contributed by atoms with van der Waals surface area (Å²) >= 11 is 0. The first-order chi connectivity index (χ1) is 3.93. The largest absolute Gasteiger partial charge is 0.412 e. The van der Waals surface area contributed by atoms with Gasteiger partial charge in [-0.05, 0) is 19.9 Å². The van der Waals surface area contributed by atoms with Gasteiger partial charge in [-0.3, -0.25) is 0 Å². The maximum absolute atomic E-state index is 3.30. The maximum Gasteiger partial charge on any atom is 0.00640 e. The summed E-state index contributed by atoms with van der Waals surface area (Å²) in [6.07, 6.45) is 7.13. The highest BCUT2D eigenvalue weighted by Gasteiger charge is 2.09. The number of hydrogen-bond acceptors (Lipinski definition) is 1. The predicted molar refractivity (Wildman–Crippen MR) is 39.5 cm³/mol. The van der Waals surface area contributed by atoms with E-state index < -0.39 is 0 Å². The Labute approximate surface area is 57.0 Å². The van der Waals surface area contributed by atoms with Gasteiger partial charge in [0.1, 0.15) is 0 Å². The third kappa shape index (κ3) is 2.82. The number of nitrogens with one attached hydrogen (secondary N) is 1. The molecule has 0 amide bonds. The molecule has 0 heterocycles. The van der Waals surface area contributed by atoms with E-state index in [0.29, 0.717) is 0 Å². The zero-order valence-electron chi connectivity index (χ0n) is 6.11. The van der Waals surface area contributed by atoms with Gasteiger partial charge in [-0.25, -0.2) is 0 Å². The Kier molecular flexibility index (Phi) is 4.72. The Balaban J connectivity index is 0.000000640. The van der Waals surface area contributed by atoms with E-state index in [9.17, 15) is 0 Å². The molecule has 1 saturated carbocycles. The zero-order valence-corrected chi connectivity index (χ0v) is 6.11. The fourth-order valence-electron chi connectivity index (χ4n) is 1.39. The van der Waals surface area contributed by atoms with E-state index in [4.69, 9.17) is 0 Å². The summed E-state index contributed by atoms with van der Waals surface area (Å²) in [7, 11) is 2.07. The first-order valence-electron chi connectivity index (χ1n) is 3.61. The molecule has 0 aliphatic heterocycles. The summed E-state index contributed by atoms with van der Waals surface area (Å²) in [6.45, 7) is 0. The summed E-state index contributed by atoms with van der Waals surface area (Å²) in [5.74, 6) is 0. The molecule has 0 aromatic rings. The molecule has 1 rings (SSSR count). The van der Waals surface area contributed by atoms with Crippen molar-refractivity contribution in [3.05, 3.63) is 0 Å². The topological polar surface area (TPSA) is 43.5 Å². The van der Waals surface area contributed by atoms with Crippen LogP contribution in [0, 0.1) is 0 Å². The van der Waals surface area contributed by atoms with E-state index in [0.717, 1.165) is 6.04 Å². The Bertz CT molecular complexity index is 59.9. The highest BCUT2D eigenvalue weighted by molar-refractivity contribution is 4.68. The molecular formula is C7H17NO. The van der Waals surface area contributed by atoms with Crippen LogP contribution in [0.4, 0.5) is 0 Å². The van der Waals surface area contributed by atoms with Gasteiger partial charge in [-0.15, -0.1) is 0 Å². The van der Waals surface area contributed by atoms with Gasteiger partial charge in [0.2, 0.25) is 0 Å². The molecule has 1 fully saturated rings. The Morgan fingerprint density at radius 1 is 1.11 bits per heavy atom. The van der Waals surface area contributed by atoms with Gasteiger partial charge < -0.3 is 10.8 Å². The first-order valence-corrected chi connectivity index (χ1v) is 3.61. The predicted octanol–water partition coefficient (Wildman–Crippen LogP) is 0.714. The minimum absolute atomic E-state index is 0. The second-order valence-electron chi connectivity index (χ2n) is 2.62. The van der Waals surface area contributed by atoms with E-state index in [1.807, 2.05) is 0 Å². The summed E-state index contributed by atoms with van der Waals surface area (Å²) in [5.41, 5.74) is 0. The van der Waals surface area contributed by atoms with Gasteiger partial charge in [0.25, 0.3) is 0 Å². The van der Waals surface area contributed by atoms with E-state index >= 15 is 0 Å². The quantitative estimate of drug-likeness (QED) is 0.559. The molecule has 0 radical (unpaired) electrons. The Hall–Kier alpha value is -0.0800. The van der Waals surface area contributed by atoms with Crippen LogP contribution in [-0.4, -0.2) is 18.6 Å². The van der Waals surface area contributed by atoms with Crippen molar-refractivity contribution in [2.75, 3.05) is 7.05 Å². The van der Waals surface area contributed by atoms with E-state index in [-0.39, 0.29) is 5.48 Å². The van der Waals surface area contributed by atoms with Crippen molar-refractivity contribution < 1.29 is 5.48 Å². The lowest BCUT2D eigenvalue weighted by Crippen LogP contribution is -2.26. The van der Waals surface area contributed by atoms with Crippen molar-refractivity contribution in [1.29, 1.82) is 0 Å². The zero-order chi connectivity index (χ0) is 5.82. The molecule has 56 valence electrons. The summed E-state index contributed by atoms with van der Waals surface area (Å²) in [5, 5.41) is 3.30. The van der Waals surface area contributed by atoms with Gasteiger partial charge in [0.05, 0.1) is 0 Å². The van der Waals surface area contributed by atoms with Crippen LogP contribution in [0.2, 0.25) is 0 Å². The normalized spacial score (nSPS) is 21.0. The molecule has 2 nitrogen and oxygen atoms in total. The van der Waals surface area contributed by atoms with Crippen LogP contribution in [0.1, 0.15) is 32.1 Å². The average Bonchev–Trinajstić information content (AvgIpc) is 1.90. The van der Waals surface area contributed by atoms with Gasteiger partial charge in [0, 0.05) is 6.04 Å². The second kappa shape index (κ2) is 4.77. The molecule has 0 aromatic carbocycles. The van der Waals surface area contributed by atoms with Crippen LogP contribution in [0.15, 0.2) is 0 Å². The van der Waals surface area contributed by atoms with Crippen LogP contribution in [0.25, 0.3) is 0 Å². The molecule has 0 atom stereocenters. The van der Waals surface area contributed by atoms with Crippen molar-refractivity contribution in [3.8, 4) is 0 Å². The third-order valence-electron chi connectivity index (χ3n) is 2.01. The van der Waals surface area contributed by atoms with Crippen molar-refractivity contribution in [1.82, 2.24) is 5.32 Å². The van der Waals surface area contributed by atoms with Crippen molar-refractivity contribution in [2.24, 2.45) is 0 Å².